The Labute approximate surface area is 174 Å². The summed E-state index contributed by atoms with van der Waals surface area (Å²) in [5.41, 5.74) is 2.67. The highest BCUT2D eigenvalue weighted by atomic mass is 16.6. The number of nitro groups is 1. The van der Waals surface area contributed by atoms with Crippen LogP contribution in [0.2, 0.25) is 0 Å². The molecule has 1 aliphatic heterocycles. The summed E-state index contributed by atoms with van der Waals surface area (Å²) < 4.78 is 16.4. The molecule has 3 rings (SSSR count). The Bertz CT molecular complexity index is 943. The Morgan fingerprint density at radius 1 is 1.07 bits per heavy atom. The van der Waals surface area contributed by atoms with E-state index in [2.05, 4.69) is 0 Å². The van der Waals surface area contributed by atoms with Gasteiger partial charge in [0.05, 0.1) is 38.2 Å². The molecular weight excluding hydrogens is 388 g/mol. The van der Waals surface area contributed by atoms with Crippen LogP contribution >= 0.6 is 0 Å². The van der Waals surface area contributed by atoms with E-state index in [0.717, 1.165) is 16.7 Å². The van der Waals surface area contributed by atoms with E-state index in [1.54, 1.807) is 38.4 Å². The number of carbonyl (C=O) groups excluding carboxylic acids is 1. The number of carbonyl (C=O) groups is 1. The molecule has 1 amide bonds. The summed E-state index contributed by atoms with van der Waals surface area (Å²) in [6, 6.07) is 9.69. The van der Waals surface area contributed by atoms with Crippen LogP contribution < -0.4 is 14.2 Å². The third-order valence-corrected chi connectivity index (χ3v) is 5.10. The largest absolute Gasteiger partial charge is 0.496 e. The topological polar surface area (TPSA) is 91.1 Å². The molecule has 1 aliphatic rings. The van der Waals surface area contributed by atoms with Gasteiger partial charge in [0.25, 0.3) is 5.69 Å². The summed E-state index contributed by atoms with van der Waals surface area (Å²) in [5, 5.41) is 10.8. The van der Waals surface area contributed by atoms with Crippen molar-refractivity contribution in [3.8, 4) is 17.2 Å². The van der Waals surface area contributed by atoms with Crippen molar-refractivity contribution in [2.45, 2.75) is 12.8 Å². The van der Waals surface area contributed by atoms with Gasteiger partial charge in [-0.15, -0.1) is 0 Å². The number of hydrogen-bond acceptors (Lipinski definition) is 6. The molecule has 8 heteroatoms. The normalized spacial score (nSPS) is 13.4. The second kappa shape index (κ2) is 9.30. The lowest BCUT2D eigenvalue weighted by molar-refractivity contribution is -0.384. The van der Waals surface area contributed by atoms with Gasteiger partial charge in [-0.05, 0) is 17.6 Å². The number of methoxy groups -OCH3 is 3. The van der Waals surface area contributed by atoms with Crippen LogP contribution in [0.5, 0.6) is 17.2 Å². The maximum atomic E-state index is 12.7. The van der Waals surface area contributed by atoms with E-state index in [0.29, 0.717) is 36.8 Å². The standard InChI is InChI=1S/C22H24N2O6/c1-28-18-13-19(29-2)22(20(14-18)30-3)16-8-10-23(11-9-16)21(25)12-15-4-6-17(7-5-15)24(26)27/h4-8,13-14H,9-12H2,1-3H3. The number of benzene rings is 2. The van der Waals surface area contributed by atoms with Crippen molar-refractivity contribution in [3.05, 3.63) is 63.7 Å². The van der Waals surface area contributed by atoms with E-state index in [4.69, 9.17) is 14.2 Å². The number of hydrogen-bond donors (Lipinski definition) is 0. The van der Waals surface area contributed by atoms with Crippen LogP contribution in [-0.4, -0.2) is 50.1 Å². The van der Waals surface area contributed by atoms with E-state index in [1.165, 1.54) is 12.1 Å². The van der Waals surface area contributed by atoms with Gasteiger partial charge in [-0.1, -0.05) is 18.2 Å². The quantitative estimate of drug-likeness (QED) is 0.511. The SMILES string of the molecule is COc1cc(OC)c(C2=CCN(C(=O)Cc3ccc([N+](=O)[O-])cc3)CC2)c(OC)c1. The Morgan fingerprint density at radius 3 is 2.17 bits per heavy atom. The molecule has 0 N–H and O–H groups in total. The fourth-order valence-corrected chi connectivity index (χ4v) is 3.47. The minimum atomic E-state index is -0.454. The molecule has 0 aromatic heterocycles. The number of nitro benzene ring substituents is 1. The van der Waals surface area contributed by atoms with Crippen LogP contribution in [0.1, 0.15) is 17.5 Å². The Kier molecular flexibility index (Phi) is 6.56. The lowest BCUT2D eigenvalue weighted by atomic mass is 9.96. The van der Waals surface area contributed by atoms with Crippen molar-refractivity contribution in [1.82, 2.24) is 4.90 Å². The van der Waals surface area contributed by atoms with Crippen LogP contribution in [0.3, 0.4) is 0 Å². The maximum absolute atomic E-state index is 12.7. The molecule has 0 bridgehead atoms. The first-order valence-electron chi connectivity index (χ1n) is 9.47. The second-order valence-corrected chi connectivity index (χ2v) is 6.83. The van der Waals surface area contributed by atoms with Crippen molar-refractivity contribution in [3.63, 3.8) is 0 Å². The van der Waals surface area contributed by atoms with Crippen molar-refractivity contribution in [2.75, 3.05) is 34.4 Å². The molecule has 2 aromatic carbocycles. The van der Waals surface area contributed by atoms with Crippen molar-refractivity contribution < 1.29 is 23.9 Å². The Morgan fingerprint density at radius 2 is 1.70 bits per heavy atom. The smallest absolute Gasteiger partial charge is 0.269 e. The highest BCUT2D eigenvalue weighted by Gasteiger charge is 2.23. The first-order chi connectivity index (χ1) is 14.5. The summed E-state index contributed by atoms with van der Waals surface area (Å²) in [6.45, 7) is 1.04. The first kappa shape index (κ1) is 21.2. The summed E-state index contributed by atoms with van der Waals surface area (Å²) in [5.74, 6) is 1.93. The third-order valence-electron chi connectivity index (χ3n) is 5.10. The molecule has 0 atom stereocenters. The van der Waals surface area contributed by atoms with E-state index in [-0.39, 0.29) is 18.0 Å². The highest BCUT2D eigenvalue weighted by Crippen LogP contribution is 2.40. The Hall–Kier alpha value is -3.55. The number of ether oxygens (including phenoxy) is 3. The molecule has 2 aromatic rings. The average Bonchev–Trinajstić information content (AvgIpc) is 2.78. The van der Waals surface area contributed by atoms with Crippen molar-refractivity contribution in [1.29, 1.82) is 0 Å². The Balaban J connectivity index is 1.73. The van der Waals surface area contributed by atoms with Gasteiger partial charge in [0, 0.05) is 37.4 Å². The van der Waals surface area contributed by atoms with Gasteiger partial charge < -0.3 is 19.1 Å². The third kappa shape index (κ3) is 4.53. The number of non-ortho nitro benzene ring substituents is 1. The molecule has 0 fully saturated rings. The van der Waals surface area contributed by atoms with Gasteiger partial charge in [-0.25, -0.2) is 0 Å². The van der Waals surface area contributed by atoms with Crippen LogP contribution in [0.4, 0.5) is 5.69 Å². The minimum Gasteiger partial charge on any atom is -0.496 e. The maximum Gasteiger partial charge on any atom is 0.269 e. The molecule has 1 heterocycles. The number of amides is 1. The first-order valence-corrected chi connectivity index (χ1v) is 9.47. The summed E-state index contributed by atoms with van der Waals surface area (Å²) in [7, 11) is 4.78. The molecule has 30 heavy (non-hydrogen) atoms. The summed E-state index contributed by atoms with van der Waals surface area (Å²) >= 11 is 0. The van der Waals surface area contributed by atoms with Gasteiger partial charge in [-0.3, -0.25) is 14.9 Å². The zero-order valence-corrected chi connectivity index (χ0v) is 17.2. The number of nitrogens with zero attached hydrogens (tertiary/aromatic N) is 2. The zero-order chi connectivity index (χ0) is 21.7. The minimum absolute atomic E-state index is 0.0131. The predicted molar refractivity (Wildman–Crippen MR) is 112 cm³/mol. The van der Waals surface area contributed by atoms with E-state index in [9.17, 15) is 14.9 Å². The van der Waals surface area contributed by atoms with Gasteiger partial charge >= 0.3 is 0 Å². The molecule has 0 aliphatic carbocycles. The van der Waals surface area contributed by atoms with E-state index in [1.807, 2.05) is 18.2 Å². The molecule has 158 valence electrons. The zero-order valence-electron chi connectivity index (χ0n) is 17.2. The van der Waals surface area contributed by atoms with Crippen LogP contribution in [0.25, 0.3) is 5.57 Å². The van der Waals surface area contributed by atoms with Crippen LogP contribution in [0.15, 0.2) is 42.5 Å². The van der Waals surface area contributed by atoms with Gasteiger partial charge in [0.1, 0.15) is 17.2 Å². The fourth-order valence-electron chi connectivity index (χ4n) is 3.47. The second-order valence-electron chi connectivity index (χ2n) is 6.83. The fraction of sp³-hybridized carbons (Fsp3) is 0.318. The van der Waals surface area contributed by atoms with Crippen molar-refractivity contribution in [2.24, 2.45) is 0 Å². The van der Waals surface area contributed by atoms with E-state index < -0.39 is 4.92 Å². The van der Waals surface area contributed by atoms with Crippen LogP contribution in [0, 0.1) is 10.1 Å². The van der Waals surface area contributed by atoms with Gasteiger partial charge in [0.15, 0.2) is 0 Å². The van der Waals surface area contributed by atoms with Crippen LogP contribution in [-0.2, 0) is 11.2 Å². The molecular formula is C22H24N2O6. The highest BCUT2D eigenvalue weighted by molar-refractivity contribution is 5.82. The summed E-state index contributed by atoms with van der Waals surface area (Å²) in [4.78, 5) is 24.7. The average molecular weight is 412 g/mol. The van der Waals surface area contributed by atoms with Gasteiger partial charge in [0.2, 0.25) is 5.91 Å². The van der Waals surface area contributed by atoms with E-state index >= 15 is 0 Å². The molecule has 0 saturated carbocycles. The molecule has 8 nitrogen and oxygen atoms in total. The molecule has 0 radical (unpaired) electrons. The number of rotatable bonds is 7. The molecule has 0 unspecified atom stereocenters. The molecule has 0 saturated heterocycles. The van der Waals surface area contributed by atoms with Crippen molar-refractivity contribution >= 4 is 17.2 Å². The lowest BCUT2D eigenvalue weighted by Gasteiger charge is -2.28. The predicted octanol–water partition coefficient (Wildman–Crippen LogP) is 3.48. The van der Waals surface area contributed by atoms with Gasteiger partial charge in [-0.2, -0.15) is 0 Å². The molecule has 0 spiro atoms. The monoisotopic (exact) mass is 412 g/mol. The lowest BCUT2D eigenvalue weighted by Crippen LogP contribution is -2.35. The summed E-state index contributed by atoms with van der Waals surface area (Å²) in [6.07, 6.45) is 2.87.